The molecule has 0 atom stereocenters. The maximum absolute atomic E-state index is 13.4. The summed E-state index contributed by atoms with van der Waals surface area (Å²) in [4.78, 5) is 6.58. The number of halogens is 2. The van der Waals surface area contributed by atoms with Crippen molar-refractivity contribution in [1.82, 2.24) is 4.90 Å². The molecule has 0 radical (unpaired) electrons. The first-order chi connectivity index (χ1) is 11.4. The molecule has 0 unspecified atom stereocenters. The minimum Gasteiger partial charge on any atom is -0.457 e. The Morgan fingerprint density at radius 2 is 1.92 bits per heavy atom. The molecule has 5 heteroatoms. The number of benzene rings is 2. The van der Waals surface area contributed by atoms with Gasteiger partial charge in [0.1, 0.15) is 17.3 Å². The molecule has 0 N–H and O–H groups in total. The third-order valence-corrected chi connectivity index (χ3v) is 3.75. The van der Waals surface area contributed by atoms with Crippen LogP contribution in [0, 0.1) is 19.7 Å². The third-order valence-electron chi connectivity index (χ3n) is 3.53. The van der Waals surface area contributed by atoms with Crippen LogP contribution in [0.2, 0.25) is 5.02 Å². The maximum Gasteiger partial charge on any atom is 0.131 e. The van der Waals surface area contributed by atoms with Crippen LogP contribution in [-0.4, -0.2) is 24.8 Å². The van der Waals surface area contributed by atoms with E-state index in [0.29, 0.717) is 16.5 Å². The van der Waals surface area contributed by atoms with Crippen LogP contribution >= 0.6 is 11.6 Å². The molecular weight excluding hydrogens is 327 g/mol. The maximum atomic E-state index is 13.4. The van der Waals surface area contributed by atoms with E-state index in [0.717, 1.165) is 29.8 Å². The number of nitrogens with zero attached hydrogens (tertiary/aromatic N) is 2. The van der Waals surface area contributed by atoms with Crippen LogP contribution in [0.25, 0.3) is 0 Å². The number of hydrogen-bond donors (Lipinski definition) is 0. The van der Waals surface area contributed by atoms with Crippen molar-refractivity contribution in [2.45, 2.75) is 27.2 Å². The van der Waals surface area contributed by atoms with Gasteiger partial charge in [0.15, 0.2) is 0 Å². The molecule has 0 heterocycles. The molecule has 0 aromatic heterocycles. The van der Waals surface area contributed by atoms with Gasteiger partial charge < -0.3 is 9.64 Å². The van der Waals surface area contributed by atoms with E-state index in [1.54, 1.807) is 6.07 Å². The lowest BCUT2D eigenvalue weighted by molar-refractivity contribution is 0.473. The number of rotatable bonds is 6. The molecule has 24 heavy (non-hydrogen) atoms. The molecule has 2 aromatic rings. The molecule has 0 saturated heterocycles. The van der Waals surface area contributed by atoms with Crippen LogP contribution in [0.4, 0.5) is 10.1 Å². The molecule has 2 rings (SSSR count). The molecule has 128 valence electrons. The highest BCUT2D eigenvalue weighted by Gasteiger charge is 2.08. The average molecular weight is 349 g/mol. The van der Waals surface area contributed by atoms with E-state index in [1.165, 1.54) is 12.1 Å². The molecular formula is C19H22ClFN2O. The molecule has 0 fully saturated rings. The fourth-order valence-electron chi connectivity index (χ4n) is 2.31. The van der Waals surface area contributed by atoms with Crippen molar-refractivity contribution in [3.8, 4) is 11.5 Å². The molecule has 0 amide bonds. The van der Waals surface area contributed by atoms with Gasteiger partial charge in [0, 0.05) is 24.7 Å². The third kappa shape index (κ3) is 4.96. The van der Waals surface area contributed by atoms with Crippen LogP contribution in [0.15, 0.2) is 35.3 Å². The van der Waals surface area contributed by atoms with Gasteiger partial charge in [-0.15, -0.1) is 0 Å². The van der Waals surface area contributed by atoms with Gasteiger partial charge >= 0.3 is 0 Å². The summed E-state index contributed by atoms with van der Waals surface area (Å²) in [6.07, 6.45) is 2.90. The summed E-state index contributed by atoms with van der Waals surface area (Å²) in [7, 11) is 2.00. The first-order valence-electron chi connectivity index (χ1n) is 7.88. The van der Waals surface area contributed by atoms with Crippen molar-refractivity contribution in [1.29, 1.82) is 0 Å². The Bertz CT molecular complexity index is 726. The van der Waals surface area contributed by atoms with Crippen molar-refractivity contribution in [3.63, 3.8) is 0 Å². The number of aryl methyl sites for hydroxylation is 2. The molecule has 3 nitrogen and oxygen atoms in total. The standard InChI is InChI=1S/C19H22ClFN2O/c1-5-6-23(4)12-22-18-7-14(3)19(8-13(18)2)24-17-10-15(20)9-16(21)11-17/h7-12H,5-6H2,1-4H3. The summed E-state index contributed by atoms with van der Waals surface area (Å²) < 4.78 is 19.2. The highest BCUT2D eigenvalue weighted by molar-refractivity contribution is 6.30. The van der Waals surface area contributed by atoms with Crippen molar-refractivity contribution < 1.29 is 9.13 Å². The first-order valence-corrected chi connectivity index (χ1v) is 8.26. The Morgan fingerprint density at radius 3 is 2.58 bits per heavy atom. The second kappa shape index (κ2) is 8.15. The molecule has 2 aromatic carbocycles. The largest absolute Gasteiger partial charge is 0.457 e. The van der Waals surface area contributed by atoms with E-state index >= 15 is 0 Å². The molecule has 0 aliphatic heterocycles. The molecule has 0 aliphatic rings. The zero-order valence-corrected chi connectivity index (χ0v) is 15.2. The molecule has 0 aliphatic carbocycles. The fraction of sp³-hybridized carbons (Fsp3) is 0.316. The lowest BCUT2D eigenvalue weighted by Gasteiger charge is -2.13. The van der Waals surface area contributed by atoms with Gasteiger partial charge in [0.05, 0.1) is 12.0 Å². The summed E-state index contributed by atoms with van der Waals surface area (Å²) in [5, 5.41) is 0.305. The zero-order valence-electron chi connectivity index (χ0n) is 14.4. The molecule has 0 spiro atoms. The number of ether oxygens (including phenoxy) is 1. The van der Waals surface area contributed by atoms with E-state index in [1.807, 2.05) is 44.3 Å². The second-order valence-corrected chi connectivity index (χ2v) is 6.27. The minimum absolute atomic E-state index is 0.305. The van der Waals surface area contributed by atoms with Gasteiger partial charge in [-0.1, -0.05) is 18.5 Å². The topological polar surface area (TPSA) is 24.8 Å². The van der Waals surface area contributed by atoms with Crippen LogP contribution in [0.5, 0.6) is 11.5 Å². The van der Waals surface area contributed by atoms with Gasteiger partial charge in [-0.05, 0) is 55.7 Å². The first kappa shape index (κ1) is 18.3. The highest BCUT2D eigenvalue weighted by Crippen LogP contribution is 2.32. The summed E-state index contributed by atoms with van der Waals surface area (Å²) >= 11 is 5.87. The predicted octanol–water partition coefficient (Wildman–Crippen LogP) is 5.89. The van der Waals surface area contributed by atoms with E-state index in [2.05, 4.69) is 11.9 Å². The average Bonchev–Trinajstić information content (AvgIpc) is 2.48. The number of aliphatic imine (C=N–C) groups is 1. The van der Waals surface area contributed by atoms with Crippen molar-refractivity contribution in [2.24, 2.45) is 4.99 Å². The summed E-state index contributed by atoms with van der Waals surface area (Å²) in [5.74, 6) is 0.614. The van der Waals surface area contributed by atoms with E-state index in [-0.39, 0.29) is 0 Å². The Kier molecular flexibility index (Phi) is 6.21. The van der Waals surface area contributed by atoms with E-state index in [4.69, 9.17) is 16.3 Å². The smallest absolute Gasteiger partial charge is 0.131 e. The summed E-state index contributed by atoms with van der Waals surface area (Å²) in [6, 6.07) is 8.01. The number of hydrogen-bond acceptors (Lipinski definition) is 2. The van der Waals surface area contributed by atoms with Crippen LogP contribution < -0.4 is 4.74 Å². The predicted molar refractivity (Wildman–Crippen MR) is 98.5 cm³/mol. The Morgan fingerprint density at radius 1 is 1.17 bits per heavy atom. The van der Waals surface area contributed by atoms with E-state index in [9.17, 15) is 4.39 Å². The Balaban J connectivity index is 2.23. The van der Waals surface area contributed by atoms with Crippen LogP contribution in [-0.2, 0) is 0 Å². The highest BCUT2D eigenvalue weighted by atomic mass is 35.5. The summed E-state index contributed by atoms with van der Waals surface area (Å²) in [6.45, 7) is 7.00. The lowest BCUT2D eigenvalue weighted by atomic mass is 10.1. The second-order valence-electron chi connectivity index (χ2n) is 5.84. The quantitative estimate of drug-likeness (QED) is 0.480. The molecule has 0 saturated carbocycles. The van der Waals surface area contributed by atoms with Crippen molar-refractivity contribution >= 4 is 23.6 Å². The van der Waals surface area contributed by atoms with Gasteiger partial charge in [0.2, 0.25) is 0 Å². The Hall–Kier alpha value is -2.07. The summed E-state index contributed by atoms with van der Waals surface area (Å²) in [5.41, 5.74) is 2.80. The van der Waals surface area contributed by atoms with Crippen molar-refractivity contribution in [2.75, 3.05) is 13.6 Å². The van der Waals surface area contributed by atoms with Gasteiger partial charge in [-0.2, -0.15) is 0 Å². The van der Waals surface area contributed by atoms with Crippen molar-refractivity contribution in [3.05, 3.63) is 52.3 Å². The van der Waals surface area contributed by atoms with Gasteiger partial charge in [-0.3, -0.25) is 0 Å². The lowest BCUT2D eigenvalue weighted by Crippen LogP contribution is -2.16. The monoisotopic (exact) mass is 348 g/mol. The fourth-order valence-corrected chi connectivity index (χ4v) is 2.52. The molecule has 0 bridgehead atoms. The Labute approximate surface area is 147 Å². The van der Waals surface area contributed by atoms with Crippen LogP contribution in [0.1, 0.15) is 24.5 Å². The normalized spacial score (nSPS) is 11.1. The van der Waals surface area contributed by atoms with Gasteiger partial charge in [-0.25, -0.2) is 9.38 Å². The SMILES string of the molecule is CCCN(C)C=Nc1cc(C)c(Oc2cc(F)cc(Cl)c2)cc1C. The van der Waals surface area contributed by atoms with E-state index < -0.39 is 5.82 Å². The minimum atomic E-state index is -0.424. The zero-order chi connectivity index (χ0) is 17.7. The van der Waals surface area contributed by atoms with Gasteiger partial charge in [0.25, 0.3) is 0 Å². The van der Waals surface area contributed by atoms with Crippen LogP contribution in [0.3, 0.4) is 0 Å².